The number of benzene rings is 1. The van der Waals surface area contributed by atoms with Crippen molar-refractivity contribution in [3.63, 3.8) is 0 Å². The van der Waals surface area contributed by atoms with Crippen LogP contribution in [0.15, 0.2) is 36.0 Å². The summed E-state index contributed by atoms with van der Waals surface area (Å²) in [6, 6.07) is 7.33. The van der Waals surface area contributed by atoms with Gasteiger partial charge in [-0.25, -0.2) is 4.79 Å². The lowest BCUT2D eigenvalue weighted by atomic mass is 10.2. The Labute approximate surface area is 106 Å². The Hall–Kier alpha value is -2.21. The van der Waals surface area contributed by atoms with Gasteiger partial charge in [0.2, 0.25) is 0 Å². The normalized spacial score (nSPS) is 10.9. The Kier molecular flexibility index (Phi) is 2.56. The minimum Gasteiger partial charge on any atom is -0.476 e. The number of hydrogen-bond acceptors (Lipinski definition) is 4. The first-order chi connectivity index (χ1) is 8.75. The quantitative estimate of drug-likeness (QED) is 0.783. The van der Waals surface area contributed by atoms with Crippen molar-refractivity contribution in [1.82, 2.24) is 14.8 Å². The van der Waals surface area contributed by atoms with Crippen LogP contribution in [0.3, 0.4) is 0 Å². The molecule has 0 aliphatic rings. The second kappa shape index (κ2) is 4.23. The lowest BCUT2D eigenvalue weighted by molar-refractivity contribution is 0.0691. The van der Waals surface area contributed by atoms with E-state index in [2.05, 4.69) is 10.1 Å². The molecule has 2 aromatic heterocycles. The number of aromatic nitrogens is 3. The number of carboxylic acids is 1. The minimum absolute atomic E-state index is 0.0927. The molecule has 1 aromatic carbocycles. The van der Waals surface area contributed by atoms with Gasteiger partial charge in [-0.15, -0.1) is 11.3 Å². The van der Waals surface area contributed by atoms with Crippen LogP contribution >= 0.6 is 11.3 Å². The van der Waals surface area contributed by atoms with E-state index in [-0.39, 0.29) is 5.69 Å². The Morgan fingerprint density at radius 2 is 2.22 bits per heavy atom. The maximum Gasteiger partial charge on any atom is 0.357 e. The molecule has 18 heavy (non-hydrogen) atoms. The smallest absolute Gasteiger partial charge is 0.357 e. The van der Waals surface area contributed by atoms with E-state index < -0.39 is 5.97 Å². The summed E-state index contributed by atoms with van der Waals surface area (Å²) in [6.07, 6.45) is 1.77. The Morgan fingerprint density at radius 3 is 2.94 bits per heavy atom. The zero-order chi connectivity index (χ0) is 12.5. The van der Waals surface area contributed by atoms with Crippen molar-refractivity contribution in [3.05, 3.63) is 46.5 Å². The predicted octanol–water partition coefficient (Wildman–Crippen LogP) is 2.24. The lowest BCUT2D eigenvalue weighted by Crippen LogP contribution is -2.03. The zero-order valence-corrected chi connectivity index (χ0v) is 10.1. The SMILES string of the molecule is O=C(O)c1nn(Cc2cncs2)c2ccccc12. The third-order valence-corrected chi connectivity index (χ3v) is 3.41. The Morgan fingerprint density at radius 1 is 1.39 bits per heavy atom. The molecule has 5 nitrogen and oxygen atoms in total. The number of carbonyl (C=O) groups is 1. The summed E-state index contributed by atoms with van der Waals surface area (Å²) in [5, 5.41) is 14.0. The van der Waals surface area contributed by atoms with Crippen LogP contribution in [0.25, 0.3) is 10.9 Å². The number of para-hydroxylation sites is 1. The fourth-order valence-electron chi connectivity index (χ4n) is 1.87. The Balaban J connectivity index is 2.14. The topological polar surface area (TPSA) is 68.0 Å². The molecule has 0 amide bonds. The maximum atomic E-state index is 11.1. The average molecular weight is 259 g/mol. The van der Waals surface area contributed by atoms with Gasteiger partial charge in [-0.2, -0.15) is 5.10 Å². The summed E-state index contributed by atoms with van der Waals surface area (Å²) in [7, 11) is 0. The highest BCUT2D eigenvalue weighted by atomic mass is 32.1. The van der Waals surface area contributed by atoms with Crippen LogP contribution in [0, 0.1) is 0 Å². The second-order valence-corrected chi connectivity index (χ2v) is 4.77. The van der Waals surface area contributed by atoms with Crippen LogP contribution in [-0.2, 0) is 6.54 Å². The zero-order valence-electron chi connectivity index (χ0n) is 9.28. The van der Waals surface area contributed by atoms with E-state index in [9.17, 15) is 4.79 Å². The van der Waals surface area contributed by atoms with E-state index in [1.165, 1.54) is 11.3 Å². The molecule has 3 rings (SSSR count). The number of rotatable bonds is 3. The van der Waals surface area contributed by atoms with Gasteiger partial charge in [0.25, 0.3) is 0 Å². The van der Waals surface area contributed by atoms with Gasteiger partial charge in [0.15, 0.2) is 5.69 Å². The number of carboxylic acid groups (broad SMARTS) is 1. The molecule has 0 aliphatic carbocycles. The minimum atomic E-state index is -1.01. The van der Waals surface area contributed by atoms with E-state index in [1.54, 1.807) is 22.5 Å². The van der Waals surface area contributed by atoms with Crippen LogP contribution < -0.4 is 0 Å². The fourth-order valence-corrected chi connectivity index (χ4v) is 2.45. The molecule has 0 saturated heterocycles. The largest absolute Gasteiger partial charge is 0.476 e. The summed E-state index contributed by atoms with van der Waals surface area (Å²) < 4.78 is 1.70. The molecule has 0 unspecified atom stereocenters. The van der Waals surface area contributed by atoms with Crippen LogP contribution in [0.5, 0.6) is 0 Å². The maximum absolute atomic E-state index is 11.1. The molecule has 90 valence electrons. The molecule has 0 bridgehead atoms. The van der Waals surface area contributed by atoms with Gasteiger partial charge in [-0.05, 0) is 6.07 Å². The van der Waals surface area contributed by atoms with Gasteiger partial charge in [0, 0.05) is 16.5 Å². The standard InChI is InChI=1S/C12H9N3O2S/c16-12(17)11-9-3-1-2-4-10(9)15(14-11)6-8-5-13-7-18-8/h1-5,7H,6H2,(H,16,17). The fraction of sp³-hybridized carbons (Fsp3) is 0.0833. The lowest BCUT2D eigenvalue weighted by Gasteiger charge is -1.99. The molecule has 0 radical (unpaired) electrons. The van der Waals surface area contributed by atoms with E-state index in [4.69, 9.17) is 5.11 Å². The summed E-state index contributed by atoms with van der Waals surface area (Å²) in [6.45, 7) is 0.540. The first-order valence-corrected chi connectivity index (χ1v) is 6.20. The van der Waals surface area contributed by atoms with Gasteiger partial charge >= 0.3 is 5.97 Å². The number of hydrogen-bond donors (Lipinski definition) is 1. The molecule has 6 heteroatoms. The van der Waals surface area contributed by atoms with Crippen LogP contribution in [-0.4, -0.2) is 25.8 Å². The van der Waals surface area contributed by atoms with E-state index in [0.717, 1.165) is 10.4 Å². The predicted molar refractivity (Wildman–Crippen MR) is 67.9 cm³/mol. The molecule has 1 N–H and O–H groups in total. The van der Waals surface area contributed by atoms with Crippen LogP contribution in [0.4, 0.5) is 0 Å². The molecule has 0 aliphatic heterocycles. The third-order valence-electron chi connectivity index (χ3n) is 2.65. The van der Waals surface area contributed by atoms with Crippen LogP contribution in [0.1, 0.15) is 15.4 Å². The van der Waals surface area contributed by atoms with Crippen molar-refractivity contribution in [3.8, 4) is 0 Å². The first kappa shape index (κ1) is 10.9. The van der Waals surface area contributed by atoms with Crippen molar-refractivity contribution in [2.24, 2.45) is 0 Å². The summed E-state index contributed by atoms with van der Waals surface area (Å²) in [4.78, 5) is 16.2. The highest BCUT2D eigenvalue weighted by Gasteiger charge is 2.15. The van der Waals surface area contributed by atoms with Crippen LogP contribution in [0.2, 0.25) is 0 Å². The number of thiazole rings is 1. The first-order valence-electron chi connectivity index (χ1n) is 5.32. The molecule has 0 atom stereocenters. The average Bonchev–Trinajstić information content (AvgIpc) is 2.98. The van der Waals surface area contributed by atoms with Crippen molar-refractivity contribution in [1.29, 1.82) is 0 Å². The van der Waals surface area contributed by atoms with Crippen molar-refractivity contribution in [2.45, 2.75) is 6.54 Å². The monoisotopic (exact) mass is 259 g/mol. The molecular weight excluding hydrogens is 250 g/mol. The number of aromatic carboxylic acids is 1. The number of nitrogens with zero attached hydrogens (tertiary/aromatic N) is 3. The van der Waals surface area contributed by atoms with E-state index >= 15 is 0 Å². The summed E-state index contributed by atoms with van der Waals surface area (Å²) in [5.41, 5.74) is 2.66. The highest BCUT2D eigenvalue weighted by molar-refractivity contribution is 7.09. The molecule has 0 spiro atoms. The molecule has 0 fully saturated rings. The second-order valence-electron chi connectivity index (χ2n) is 3.80. The number of fused-ring (bicyclic) bond motifs is 1. The molecule has 3 aromatic rings. The molecule has 0 saturated carbocycles. The van der Waals surface area contributed by atoms with Crippen molar-refractivity contribution < 1.29 is 9.90 Å². The van der Waals surface area contributed by atoms with Gasteiger partial charge in [-0.1, -0.05) is 18.2 Å². The van der Waals surface area contributed by atoms with E-state index in [0.29, 0.717) is 11.9 Å². The van der Waals surface area contributed by atoms with Crippen molar-refractivity contribution >= 4 is 28.2 Å². The molecule has 2 heterocycles. The third kappa shape index (κ3) is 1.76. The summed E-state index contributed by atoms with van der Waals surface area (Å²) >= 11 is 1.52. The highest BCUT2D eigenvalue weighted by Crippen LogP contribution is 2.20. The van der Waals surface area contributed by atoms with E-state index in [1.807, 2.05) is 18.2 Å². The van der Waals surface area contributed by atoms with Gasteiger partial charge in [-0.3, -0.25) is 9.67 Å². The molecular formula is C12H9N3O2S. The van der Waals surface area contributed by atoms with Gasteiger partial charge < -0.3 is 5.11 Å². The van der Waals surface area contributed by atoms with Gasteiger partial charge in [0.1, 0.15) is 0 Å². The Bertz CT molecular complexity index is 703. The van der Waals surface area contributed by atoms with Gasteiger partial charge in [0.05, 0.1) is 17.6 Å². The van der Waals surface area contributed by atoms with Crippen molar-refractivity contribution in [2.75, 3.05) is 0 Å². The summed E-state index contributed by atoms with van der Waals surface area (Å²) in [5.74, 6) is -1.01.